The van der Waals surface area contributed by atoms with Crippen molar-refractivity contribution < 1.29 is 27.1 Å². The number of aryl methyl sites for hydroxylation is 2. The molecule has 0 saturated carbocycles. The van der Waals surface area contributed by atoms with E-state index >= 15 is 0 Å². The van der Waals surface area contributed by atoms with E-state index in [0.717, 1.165) is 27.6 Å². The second-order valence-electron chi connectivity index (χ2n) is 7.13. The molecule has 9 heteroatoms. The largest absolute Gasteiger partial charge is 0.454 e. The van der Waals surface area contributed by atoms with Crippen LogP contribution in [-0.2, 0) is 24.3 Å². The number of hydrogen-bond acceptors (Lipinski definition) is 5. The molecule has 1 aliphatic heterocycles. The first-order valence-corrected chi connectivity index (χ1v) is 10.9. The zero-order chi connectivity index (χ0) is 21.9. The van der Waals surface area contributed by atoms with Crippen molar-refractivity contribution in [3.05, 3.63) is 59.4 Å². The van der Waals surface area contributed by atoms with E-state index < -0.39 is 45.3 Å². The van der Waals surface area contributed by atoms with Crippen molar-refractivity contribution in [1.82, 2.24) is 4.31 Å². The number of ether oxygens (including phenoxy) is 1. The topological polar surface area (TPSA) is 92.8 Å². The van der Waals surface area contributed by atoms with E-state index in [1.165, 1.54) is 12.1 Å². The molecule has 0 aromatic heterocycles. The first-order valence-electron chi connectivity index (χ1n) is 9.51. The molecule has 1 unspecified atom stereocenters. The molecule has 7 nitrogen and oxygen atoms in total. The molecule has 1 atom stereocenters. The van der Waals surface area contributed by atoms with Gasteiger partial charge in [0.15, 0.2) is 6.61 Å². The van der Waals surface area contributed by atoms with Gasteiger partial charge in [-0.3, -0.25) is 9.59 Å². The third kappa shape index (κ3) is 4.52. The van der Waals surface area contributed by atoms with Gasteiger partial charge in [0.25, 0.3) is 5.91 Å². The lowest BCUT2D eigenvalue weighted by molar-refractivity contribution is -0.150. The van der Waals surface area contributed by atoms with Crippen molar-refractivity contribution >= 4 is 27.6 Å². The van der Waals surface area contributed by atoms with Gasteiger partial charge in [0, 0.05) is 12.2 Å². The van der Waals surface area contributed by atoms with E-state index in [9.17, 15) is 22.4 Å². The first-order chi connectivity index (χ1) is 14.2. The first kappa shape index (κ1) is 21.9. The van der Waals surface area contributed by atoms with Crippen LogP contribution in [0.15, 0.2) is 47.4 Å². The number of rotatable bonds is 6. The highest BCUT2D eigenvalue weighted by molar-refractivity contribution is 7.89. The molecule has 0 aliphatic carbocycles. The molecular formula is C21H23FN2O5S. The summed E-state index contributed by atoms with van der Waals surface area (Å²) in [7, 11) is -4.20. The van der Waals surface area contributed by atoms with Crippen LogP contribution in [0, 0.1) is 19.7 Å². The number of halogens is 1. The predicted molar refractivity (Wildman–Crippen MR) is 109 cm³/mol. The molecule has 1 amide bonds. The minimum absolute atomic E-state index is 0.0744. The SMILES string of the molecule is Cc1cccc(C)c1NC(=O)COC(=O)C1CCCN1S(=O)(=O)c1ccccc1F. The molecule has 2 aromatic rings. The Kier molecular flexibility index (Phi) is 6.52. The number of nitrogens with zero attached hydrogens (tertiary/aromatic N) is 1. The number of anilines is 1. The Hall–Kier alpha value is -2.78. The number of benzene rings is 2. The zero-order valence-corrected chi connectivity index (χ0v) is 17.5. The van der Waals surface area contributed by atoms with Crippen LogP contribution in [0.4, 0.5) is 10.1 Å². The van der Waals surface area contributed by atoms with Crippen LogP contribution < -0.4 is 5.32 Å². The number of carbonyl (C=O) groups is 2. The van der Waals surface area contributed by atoms with Gasteiger partial charge in [-0.05, 0) is 49.9 Å². The minimum Gasteiger partial charge on any atom is -0.454 e. The number of carbonyl (C=O) groups excluding carboxylic acids is 2. The Morgan fingerprint density at radius 3 is 2.47 bits per heavy atom. The summed E-state index contributed by atoms with van der Waals surface area (Å²) < 4.78 is 45.7. The summed E-state index contributed by atoms with van der Waals surface area (Å²) in [5.74, 6) is -2.24. The van der Waals surface area contributed by atoms with Crippen molar-refractivity contribution in [2.75, 3.05) is 18.5 Å². The Bertz CT molecular complexity index is 1050. The maximum atomic E-state index is 14.0. The molecule has 0 radical (unpaired) electrons. The fourth-order valence-corrected chi connectivity index (χ4v) is 5.18. The van der Waals surface area contributed by atoms with Crippen LogP contribution >= 0.6 is 0 Å². The standard InChI is InChI=1S/C21H23FN2O5S/c1-14-7-5-8-15(2)20(14)23-19(25)13-29-21(26)17-10-6-12-24(17)30(27,28)18-11-4-3-9-16(18)22/h3-5,7-9,11,17H,6,10,12-13H2,1-2H3,(H,23,25). The van der Waals surface area contributed by atoms with Crippen LogP contribution in [0.25, 0.3) is 0 Å². The molecule has 1 heterocycles. The van der Waals surface area contributed by atoms with Gasteiger partial charge in [0.2, 0.25) is 10.0 Å². The maximum absolute atomic E-state index is 14.0. The normalized spacial score (nSPS) is 17.0. The van der Waals surface area contributed by atoms with Crippen LogP contribution in [0.2, 0.25) is 0 Å². The van der Waals surface area contributed by atoms with Gasteiger partial charge >= 0.3 is 5.97 Å². The van der Waals surface area contributed by atoms with E-state index in [0.29, 0.717) is 12.1 Å². The second kappa shape index (κ2) is 8.93. The van der Waals surface area contributed by atoms with E-state index in [2.05, 4.69) is 5.32 Å². The molecule has 160 valence electrons. The van der Waals surface area contributed by atoms with Gasteiger partial charge in [0.1, 0.15) is 16.8 Å². The number of sulfonamides is 1. The van der Waals surface area contributed by atoms with Crippen LogP contribution in [0.1, 0.15) is 24.0 Å². The number of nitrogens with one attached hydrogen (secondary N) is 1. The van der Waals surface area contributed by atoms with Crippen LogP contribution in [-0.4, -0.2) is 43.8 Å². The van der Waals surface area contributed by atoms with E-state index in [-0.39, 0.29) is 13.0 Å². The van der Waals surface area contributed by atoms with E-state index in [1.54, 1.807) is 0 Å². The Balaban J connectivity index is 1.66. The third-order valence-electron chi connectivity index (χ3n) is 4.99. The lowest BCUT2D eigenvalue weighted by Crippen LogP contribution is -2.42. The van der Waals surface area contributed by atoms with Crippen molar-refractivity contribution in [3.63, 3.8) is 0 Å². The quantitative estimate of drug-likeness (QED) is 0.706. The second-order valence-corrected chi connectivity index (χ2v) is 8.99. The van der Waals surface area contributed by atoms with Gasteiger partial charge in [-0.15, -0.1) is 0 Å². The Labute approximate surface area is 174 Å². The fraction of sp³-hybridized carbons (Fsp3) is 0.333. The molecule has 30 heavy (non-hydrogen) atoms. The zero-order valence-electron chi connectivity index (χ0n) is 16.7. The van der Waals surface area contributed by atoms with Gasteiger partial charge in [0.05, 0.1) is 0 Å². The minimum atomic E-state index is -4.20. The van der Waals surface area contributed by atoms with Crippen molar-refractivity contribution in [1.29, 1.82) is 0 Å². The number of amides is 1. The molecule has 0 spiro atoms. The number of para-hydroxylation sites is 1. The van der Waals surface area contributed by atoms with Gasteiger partial charge < -0.3 is 10.1 Å². The highest BCUT2D eigenvalue weighted by Gasteiger charge is 2.41. The number of hydrogen-bond donors (Lipinski definition) is 1. The molecule has 1 saturated heterocycles. The molecule has 1 fully saturated rings. The van der Waals surface area contributed by atoms with Crippen molar-refractivity contribution in [2.24, 2.45) is 0 Å². The Morgan fingerprint density at radius 2 is 1.80 bits per heavy atom. The van der Waals surface area contributed by atoms with Crippen molar-refractivity contribution in [3.8, 4) is 0 Å². The van der Waals surface area contributed by atoms with E-state index in [4.69, 9.17) is 4.74 Å². The van der Waals surface area contributed by atoms with Gasteiger partial charge in [-0.2, -0.15) is 4.31 Å². The molecule has 3 rings (SSSR count). The molecule has 1 aliphatic rings. The monoisotopic (exact) mass is 434 g/mol. The molecular weight excluding hydrogens is 411 g/mol. The summed E-state index contributed by atoms with van der Waals surface area (Å²) in [4.78, 5) is 24.2. The summed E-state index contributed by atoms with van der Waals surface area (Å²) >= 11 is 0. The summed E-state index contributed by atoms with van der Waals surface area (Å²) in [6.07, 6.45) is 0.674. The van der Waals surface area contributed by atoms with Crippen LogP contribution in [0.3, 0.4) is 0 Å². The third-order valence-corrected chi connectivity index (χ3v) is 6.93. The van der Waals surface area contributed by atoms with Gasteiger partial charge in [-0.1, -0.05) is 30.3 Å². The molecule has 1 N–H and O–H groups in total. The number of esters is 1. The predicted octanol–water partition coefficient (Wildman–Crippen LogP) is 2.78. The molecule has 0 bridgehead atoms. The summed E-state index contributed by atoms with van der Waals surface area (Å²) in [5.41, 5.74) is 2.38. The van der Waals surface area contributed by atoms with E-state index in [1.807, 2.05) is 32.0 Å². The fourth-order valence-electron chi connectivity index (χ4n) is 3.46. The maximum Gasteiger partial charge on any atom is 0.324 e. The average molecular weight is 434 g/mol. The summed E-state index contributed by atoms with van der Waals surface area (Å²) in [6.45, 7) is 3.22. The Morgan fingerprint density at radius 1 is 1.13 bits per heavy atom. The molecule has 2 aromatic carbocycles. The van der Waals surface area contributed by atoms with Crippen LogP contribution in [0.5, 0.6) is 0 Å². The summed E-state index contributed by atoms with van der Waals surface area (Å²) in [6, 6.07) is 9.47. The summed E-state index contributed by atoms with van der Waals surface area (Å²) in [5, 5.41) is 2.70. The van der Waals surface area contributed by atoms with Crippen molar-refractivity contribution in [2.45, 2.75) is 37.6 Å². The highest BCUT2D eigenvalue weighted by atomic mass is 32.2. The van der Waals surface area contributed by atoms with Gasteiger partial charge in [-0.25, -0.2) is 12.8 Å². The lowest BCUT2D eigenvalue weighted by atomic mass is 10.1. The smallest absolute Gasteiger partial charge is 0.324 e. The lowest BCUT2D eigenvalue weighted by Gasteiger charge is -2.23. The highest BCUT2D eigenvalue weighted by Crippen LogP contribution is 2.28. The average Bonchev–Trinajstić information content (AvgIpc) is 3.20.